The Balaban J connectivity index is 2.30. The number of aromatic nitrogens is 2. The summed E-state index contributed by atoms with van der Waals surface area (Å²) in [4.78, 5) is 0. The largest absolute Gasteiger partial charge is 0.477 e. The zero-order valence-corrected chi connectivity index (χ0v) is 10.1. The van der Waals surface area contributed by atoms with Gasteiger partial charge in [0.15, 0.2) is 0 Å². The number of hydrogen-bond acceptors (Lipinski definition) is 2. The summed E-state index contributed by atoms with van der Waals surface area (Å²) < 4.78 is 7.84. The van der Waals surface area contributed by atoms with Gasteiger partial charge in [-0.15, -0.1) is 0 Å². The van der Waals surface area contributed by atoms with Crippen molar-refractivity contribution in [3.63, 3.8) is 0 Å². The first kappa shape index (κ1) is 10.5. The molecular formula is C12H20N2O. The van der Waals surface area contributed by atoms with Crippen LogP contribution in [-0.2, 0) is 6.54 Å². The highest BCUT2D eigenvalue weighted by atomic mass is 16.5. The first-order chi connectivity index (χ1) is 7.03. The van der Waals surface area contributed by atoms with Gasteiger partial charge in [-0.1, -0.05) is 27.7 Å². The van der Waals surface area contributed by atoms with Gasteiger partial charge in [-0.3, -0.25) is 0 Å². The van der Waals surface area contributed by atoms with Gasteiger partial charge in [0.2, 0.25) is 5.88 Å². The topological polar surface area (TPSA) is 27.1 Å². The molecule has 0 N–H and O–H groups in total. The first-order valence-corrected chi connectivity index (χ1v) is 5.72. The molecule has 2 rings (SSSR count). The molecule has 3 nitrogen and oxygen atoms in total. The fourth-order valence-electron chi connectivity index (χ4n) is 1.93. The van der Waals surface area contributed by atoms with Crippen molar-refractivity contribution in [3.8, 4) is 5.88 Å². The summed E-state index contributed by atoms with van der Waals surface area (Å²) in [5.74, 6) is 1.53. The fraction of sp³-hybridized carbons (Fsp3) is 0.750. The molecule has 1 aliphatic heterocycles. The molecule has 0 radical (unpaired) electrons. The Labute approximate surface area is 91.4 Å². The lowest BCUT2D eigenvalue weighted by Crippen LogP contribution is -2.33. The summed E-state index contributed by atoms with van der Waals surface area (Å²) in [5.41, 5.74) is 1.46. The van der Waals surface area contributed by atoms with Crippen molar-refractivity contribution in [1.29, 1.82) is 0 Å². The molecule has 0 spiro atoms. The fourth-order valence-corrected chi connectivity index (χ4v) is 1.93. The quantitative estimate of drug-likeness (QED) is 0.747. The van der Waals surface area contributed by atoms with Crippen LogP contribution in [0.5, 0.6) is 5.88 Å². The van der Waals surface area contributed by atoms with Crippen molar-refractivity contribution in [3.05, 3.63) is 11.8 Å². The van der Waals surface area contributed by atoms with E-state index in [0.717, 1.165) is 25.5 Å². The Morgan fingerprint density at radius 2 is 2.33 bits per heavy atom. The molecule has 0 fully saturated rings. The molecule has 84 valence electrons. The van der Waals surface area contributed by atoms with E-state index in [1.807, 2.05) is 10.9 Å². The van der Waals surface area contributed by atoms with Crippen LogP contribution in [0, 0.1) is 5.41 Å². The van der Waals surface area contributed by atoms with Crippen LogP contribution in [-0.4, -0.2) is 16.4 Å². The second-order valence-electron chi connectivity index (χ2n) is 5.32. The van der Waals surface area contributed by atoms with Crippen LogP contribution in [0.3, 0.4) is 0 Å². The second kappa shape index (κ2) is 3.54. The van der Waals surface area contributed by atoms with Crippen molar-refractivity contribution >= 4 is 0 Å². The van der Waals surface area contributed by atoms with Crippen LogP contribution in [0.1, 0.15) is 45.6 Å². The van der Waals surface area contributed by atoms with Crippen LogP contribution < -0.4 is 4.74 Å². The summed E-state index contributed by atoms with van der Waals surface area (Å²) in [6.07, 6.45) is 3.09. The molecule has 0 aliphatic carbocycles. The highest BCUT2D eigenvalue weighted by Gasteiger charge is 2.29. The summed E-state index contributed by atoms with van der Waals surface area (Å²) in [7, 11) is 0. The number of ether oxygens (including phenoxy) is 1. The van der Waals surface area contributed by atoms with E-state index in [-0.39, 0.29) is 5.41 Å². The predicted octanol–water partition coefficient (Wildman–Crippen LogP) is 2.82. The van der Waals surface area contributed by atoms with Gasteiger partial charge >= 0.3 is 0 Å². The van der Waals surface area contributed by atoms with Crippen molar-refractivity contribution in [1.82, 2.24) is 9.78 Å². The van der Waals surface area contributed by atoms with E-state index in [1.54, 1.807) is 0 Å². The van der Waals surface area contributed by atoms with Crippen LogP contribution in [0.15, 0.2) is 6.20 Å². The van der Waals surface area contributed by atoms with Gasteiger partial charge in [-0.05, 0) is 12.3 Å². The average molecular weight is 208 g/mol. The zero-order chi connectivity index (χ0) is 11.1. The van der Waals surface area contributed by atoms with Gasteiger partial charge in [0.05, 0.1) is 19.3 Å². The molecule has 15 heavy (non-hydrogen) atoms. The predicted molar refractivity (Wildman–Crippen MR) is 60.2 cm³/mol. The summed E-state index contributed by atoms with van der Waals surface area (Å²) in [5, 5.41) is 4.41. The lowest BCUT2D eigenvalue weighted by Gasteiger charge is -2.31. The third kappa shape index (κ3) is 1.87. The van der Waals surface area contributed by atoms with E-state index in [1.165, 1.54) is 5.56 Å². The molecule has 0 amide bonds. The summed E-state index contributed by atoms with van der Waals surface area (Å²) in [6.45, 7) is 10.6. The maximum absolute atomic E-state index is 5.83. The average Bonchev–Trinajstić information content (AvgIpc) is 2.57. The van der Waals surface area contributed by atoms with Crippen LogP contribution in [0.25, 0.3) is 0 Å². The zero-order valence-electron chi connectivity index (χ0n) is 10.1. The second-order valence-corrected chi connectivity index (χ2v) is 5.32. The molecule has 0 bridgehead atoms. The molecule has 1 aromatic rings. The van der Waals surface area contributed by atoms with Crippen molar-refractivity contribution in [2.45, 2.75) is 46.6 Å². The third-order valence-electron chi connectivity index (χ3n) is 3.14. The van der Waals surface area contributed by atoms with Crippen molar-refractivity contribution in [2.24, 2.45) is 5.41 Å². The van der Waals surface area contributed by atoms with E-state index in [9.17, 15) is 0 Å². The molecule has 0 saturated heterocycles. The first-order valence-electron chi connectivity index (χ1n) is 5.72. The number of rotatable bonds is 2. The lowest BCUT2D eigenvalue weighted by molar-refractivity contribution is 0.0989. The van der Waals surface area contributed by atoms with Gasteiger partial charge in [0.1, 0.15) is 0 Å². The Morgan fingerprint density at radius 3 is 3.00 bits per heavy atom. The molecule has 1 aliphatic rings. The van der Waals surface area contributed by atoms with E-state index in [2.05, 4.69) is 32.8 Å². The molecule has 3 heteroatoms. The monoisotopic (exact) mass is 208 g/mol. The normalized spacial score (nSPS) is 20.5. The molecular weight excluding hydrogens is 188 g/mol. The maximum Gasteiger partial charge on any atom is 0.215 e. The van der Waals surface area contributed by atoms with Crippen LogP contribution >= 0.6 is 0 Å². The van der Waals surface area contributed by atoms with Gasteiger partial charge in [-0.25, -0.2) is 4.68 Å². The van der Waals surface area contributed by atoms with Crippen molar-refractivity contribution < 1.29 is 4.74 Å². The number of fused-ring (bicyclic) bond motifs is 1. The highest BCUT2D eigenvalue weighted by molar-refractivity contribution is 5.29. The third-order valence-corrected chi connectivity index (χ3v) is 3.14. The van der Waals surface area contributed by atoms with E-state index >= 15 is 0 Å². The summed E-state index contributed by atoms with van der Waals surface area (Å²) >= 11 is 0. The van der Waals surface area contributed by atoms with E-state index < -0.39 is 0 Å². The Kier molecular flexibility index (Phi) is 2.49. The van der Waals surface area contributed by atoms with Gasteiger partial charge < -0.3 is 4.74 Å². The molecule has 1 aromatic heterocycles. The molecule has 0 aromatic carbocycles. The van der Waals surface area contributed by atoms with E-state index in [0.29, 0.717) is 5.92 Å². The minimum absolute atomic E-state index is 0.200. The van der Waals surface area contributed by atoms with Gasteiger partial charge in [0, 0.05) is 11.0 Å². The minimum atomic E-state index is 0.200. The molecule has 0 saturated carbocycles. The van der Waals surface area contributed by atoms with Crippen molar-refractivity contribution in [2.75, 3.05) is 6.61 Å². The lowest BCUT2D eigenvalue weighted by atomic mass is 9.93. The SMILES string of the molecule is CCC(C)c1cnn2c1OCC(C)(C)C2. The Bertz CT molecular complexity index is 355. The van der Waals surface area contributed by atoms with Crippen LogP contribution in [0.4, 0.5) is 0 Å². The Morgan fingerprint density at radius 1 is 1.60 bits per heavy atom. The Hall–Kier alpha value is -0.990. The van der Waals surface area contributed by atoms with Gasteiger partial charge in [0.25, 0.3) is 0 Å². The minimum Gasteiger partial charge on any atom is -0.477 e. The van der Waals surface area contributed by atoms with Crippen LogP contribution in [0.2, 0.25) is 0 Å². The molecule has 1 atom stereocenters. The van der Waals surface area contributed by atoms with Gasteiger partial charge in [-0.2, -0.15) is 5.10 Å². The highest BCUT2D eigenvalue weighted by Crippen LogP contribution is 2.34. The summed E-state index contributed by atoms with van der Waals surface area (Å²) in [6, 6.07) is 0. The maximum atomic E-state index is 5.83. The standard InChI is InChI=1S/C12H20N2O/c1-5-9(2)10-6-13-14-7-12(3,4)8-15-11(10)14/h6,9H,5,7-8H2,1-4H3. The molecule has 2 heterocycles. The number of nitrogens with zero attached hydrogens (tertiary/aromatic N) is 2. The smallest absolute Gasteiger partial charge is 0.215 e. The number of hydrogen-bond donors (Lipinski definition) is 0. The van der Waals surface area contributed by atoms with E-state index in [4.69, 9.17) is 4.74 Å². The molecule has 1 unspecified atom stereocenters.